The topological polar surface area (TPSA) is 65.2 Å². The van der Waals surface area contributed by atoms with Crippen LogP contribution in [0.1, 0.15) is 15.9 Å². The van der Waals surface area contributed by atoms with Crippen LogP contribution in [0.3, 0.4) is 0 Å². The van der Waals surface area contributed by atoms with Crippen LogP contribution in [0.25, 0.3) is 0 Å². The number of alkyl halides is 3. The summed E-state index contributed by atoms with van der Waals surface area (Å²) in [6, 6.07) is 29.1. The molecule has 0 spiro atoms. The maximum Gasteiger partial charge on any atom is 0.418 e. The van der Waals surface area contributed by atoms with Crippen molar-refractivity contribution < 1.29 is 18.0 Å². The van der Waals surface area contributed by atoms with Crippen LogP contribution in [-0.2, 0) is 6.18 Å². The summed E-state index contributed by atoms with van der Waals surface area (Å²) in [5.41, 5.74) is 7.43. The van der Waals surface area contributed by atoms with Gasteiger partial charge in [0, 0.05) is 28.3 Å². The number of carbonyl (C=O) groups is 1. The number of benzene rings is 4. The van der Waals surface area contributed by atoms with E-state index in [4.69, 9.17) is 0 Å². The molecule has 0 aliphatic rings. The predicted molar refractivity (Wildman–Crippen MR) is 128 cm³/mol. The number of hydrazine groups is 1. The quantitative estimate of drug-likeness (QED) is 0.225. The maximum atomic E-state index is 13.1. The first kappa shape index (κ1) is 22.7. The largest absolute Gasteiger partial charge is 0.418 e. The van der Waals surface area contributed by atoms with Crippen LogP contribution in [0, 0.1) is 0 Å². The second-order valence-electron chi connectivity index (χ2n) is 7.39. The molecule has 0 heterocycles. The van der Waals surface area contributed by atoms with Crippen molar-refractivity contribution in [3.8, 4) is 0 Å². The van der Waals surface area contributed by atoms with E-state index in [9.17, 15) is 18.0 Å². The first-order valence-electron chi connectivity index (χ1n) is 10.4. The number of rotatable bonds is 7. The van der Waals surface area contributed by atoms with E-state index in [0.29, 0.717) is 5.56 Å². The maximum absolute atomic E-state index is 13.1. The monoisotopic (exact) mass is 462 g/mol. The molecule has 5 nitrogen and oxygen atoms in total. The number of para-hydroxylation sites is 2. The molecular weight excluding hydrogens is 441 g/mol. The molecule has 0 fully saturated rings. The van der Waals surface area contributed by atoms with Gasteiger partial charge in [-0.2, -0.15) is 13.2 Å². The standard InChI is InChI=1S/C26H21F3N4O/c27-26(28,29)23-8-4-5-9-24(23)32-33-25(34)18-10-12-20(13-11-18)31-22-16-14-21(15-17-22)30-19-6-2-1-3-7-19/h1-17,30-32H,(H,33,34). The number of hydrogen-bond donors (Lipinski definition) is 4. The van der Waals surface area contributed by atoms with Crippen LogP contribution in [-0.4, -0.2) is 5.91 Å². The zero-order chi connectivity index (χ0) is 24.0. The summed E-state index contributed by atoms with van der Waals surface area (Å²) in [7, 11) is 0. The van der Waals surface area contributed by atoms with E-state index < -0.39 is 17.6 Å². The average molecular weight is 462 g/mol. The number of halogens is 3. The zero-order valence-corrected chi connectivity index (χ0v) is 17.9. The van der Waals surface area contributed by atoms with Gasteiger partial charge in [0.25, 0.3) is 5.91 Å². The Labute approximate surface area is 194 Å². The summed E-state index contributed by atoms with van der Waals surface area (Å²) >= 11 is 0. The molecule has 4 aromatic rings. The van der Waals surface area contributed by atoms with E-state index in [1.54, 1.807) is 24.3 Å². The Kier molecular flexibility index (Phi) is 6.68. The van der Waals surface area contributed by atoms with Crippen molar-refractivity contribution in [1.29, 1.82) is 0 Å². The molecule has 0 saturated carbocycles. The lowest BCUT2D eigenvalue weighted by Gasteiger charge is -2.15. The summed E-state index contributed by atoms with van der Waals surface area (Å²) < 4.78 is 39.2. The van der Waals surface area contributed by atoms with Gasteiger partial charge in [0.2, 0.25) is 0 Å². The van der Waals surface area contributed by atoms with E-state index in [1.165, 1.54) is 18.2 Å². The van der Waals surface area contributed by atoms with Gasteiger partial charge in [-0.3, -0.25) is 15.6 Å². The first-order chi connectivity index (χ1) is 16.4. The lowest BCUT2D eigenvalue weighted by Crippen LogP contribution is -2.30. The molecule has 4 rings (SSSR count). The molecular formula is C26H21F3N4O. The highest BCUT2D eigenvalue weighted by atomic mass is 19.4. The molecule has 0 aliphatic carbocycles. The van der Waals surface area contributed by atoms with Crippen molar-refractivity contribution in [3.63, 3.8) is 0 Å². The van der Waals surface area contributed by atoms with Gasteiger partial charge < -0.3 is 10.6 Å². The third-order valence-corrected chi connectivity index (χ3v) is 4.93. The number of nitrogens with one attached hydrogen (secondary N) is 4. The van der Waals surface area contributed by atoms with Gasteiger partial charge in [-0.25, -0.2) is 0 Å². The van der Waals surface area contributed by atoms with E-state index in [-0.39, 0.29) is 5.69 Å². The Bertz CT molecular complexity index is 1240. The van der Waals surface area contributed by atoms with Crippen LogP contribution in [0.5, 0.6) is 0 Å². The summed E-state index contributed by atoms with van der Waals surface area (Å²) in [6.07, 6.45) is -4.53. The molecule has 0 bridgehead atoms. The van der Waals surface area contributed by atoms with Crippen LogP contribution < -0.4 is 21.5 Å². The molecule has 0 radical (unpaired) electrons. The van der Waals surface area contributed by atoms with Gasteiger partial charge in [0.1, 0.15) is 0 Å². The second kappa shape index (κ2) is 9.99. The fraction of sp³-hybridized carbons (Fsp3) is 0.0385. The van der Waals surface area contributed by atoms with Crippen molar-refractivity contribution in [1.82, 2.24) is 5.43 Å². The van der Waals surface area contributed by atoms with Crippen LogP contribution in [0.15, 0.2) is 103 Å². The molecule has 0 aromatic heterocycles. The Hall–Kier alpha value is -4.46. The van der Waals surface area contributed by atoms with Crippen molar-refractivity contribution >= 4 is 34.3 Å². The van der Waals surface area contributed by atoms with E-state index >= 15 is 0 Å². The highest BCUT2D eigenvalue weighted by molar-refractivity contribution is 5.95. The molecule has 34 heavy (non-hydrogen) atoms. The van der Waals surface area contributed by atoms with E-state index in [1.807, 2.05) is 54.6 Å². The van der Waals surface area contributed by atoms with Crippen LogP contribution >= 0.6 is 0 Å². The van der Waals surface area contributed by atoms with Gasteiger partial charge in [0.05, 0.1) is 11.3 Å². The van der Waals surface area contributed by atoms with Crippen LogP contribution in [0.2, 0.25) is 0 Å². The Balaban J connectivity index is 1.34. The molecule has 172 valence electrons. The lowest BCUT2D eigenvalue weighted by molar-refractivity contribution is -0.137. The second-order valence-corrected chi connectivity index (χ2v) is 7.39. The molecule has 0 aliphatic heterocycles. The highest BCUT2D eigenvalue weighted by Gasteiger charge is 2.33. The third-order valence-electron chi connectivity index (χ3n) is 4.93. The van der Waals surface area contributed by atoms with Crippen LogP contribution in [0.4, 0.5) is 41.6 Å². The Morgan fingerprint density at radius 1 is 0.588 bits per heavy atom. The fourth-order valence-electron chi connectivity index (χ4n) is 3.23. The van der Waals surface area contributed by atoms with Crippen molar-refractivity contribution in [2.75, 3.05) is 16.1 Å². The normalized spacial score (nSPS) is 10.9. The van der Waals surface area contributed by atoms with Gasteiger partial charge in [-0.05, 0) is 72.8 Å². The SMILES string of the molecule is O=C(NNc1ccccc1C(F)(F)F)c1ccc(Nc2ccc(Nc3ccccc3)cc2)cc1. The molecule has 8 heteroatoms. The van der Waals surface area contributed by atoms with E-state index in [0.717, 1.165) is 28.8 Å². The first-order valence-corrected chi connectivity index (χ1v) is 10.4. The van der Waals surface area contributed by atoms with Gasteiger partial charge in [0.15, 0.2) is 0 Å². The molecule has 1 amide bonds. The lowest BCUT2D eigenvalue weighted by atomic mass is 10.1. The Morgan fingerprint density at radius 2 is 1.06 bits per heavy atom. The minimum Gasteiger partial charge on any atom is -0.356 e. The van der Waals surface area contributed by atoms with Gasteiger partial charge in [-0.1, -0.05) is 30.3 Å². The molecule has 4 aromatic carbocycles. The smallest absolute Gasteiger partial charge is 0.356 e. The van der Waals surface area contributed by atoms with E-state index in [2.05, 4.69) is 21.5 Å². The minimum atomic E-state index is -4.53. The molecule has 0 atom stereocenters. The van der Waals surface area contributed by atoms with Crippen molar-refractivity contribution in [3.05, 3.63) is 114 Å². The summed E-state index contributed by atoms with van der Waals surface area (Å²) in [5, 5.41) is 6.55. The fourth-order valence-corrected chi connectivity index (χ4v) is 3.23. The number of carbonyl (C=O) groups excluding carboxylic acids is 1. The third kappa shape index (κ3) is 5.86. The van der Waals surface area contributed by atoms with Crippen molar-refractivity contribution in [2.45, 2.75) is 6.18 Å². The molecule has 0 unspecified atom stereocenters. The Morgan fingerprint density at radius 3 is 1.62 bits per heavy atom. The molecule has 0 saturated heterocycles. The number of hydrogen-bond acceptors (Lipinski definition) is 4. The van der Waals surface area contributed by atoms with Gasteiger partial charge >= 0.3 is 6.18 Å². The summed E-state index contributed by atoms with van der Waals surface area (Å²) in [6.45, 7) is 0. The number of anilines is 5. The minimum absolute atomic E-state index is 0.230. The summed E-state index contributed by atoms with van der Waals surface area (Å²) in [5.74, 6) is -0.556. The van der Waals surface area contributed by atoms with Gasteiger partial charge in [-0.15, -0.1) is 0 Å². The highest BCUT2D eigenvalue weighted by Crippen LogP contribution is 2.34. The predicted octanol–water partition coefficient (Wildman–Crippen LogP) is 6.95. The average Bonchev–Trinajstić information content (AvgIpc) is 2.84. The van der Waals surface area contributed by atoms with Crippen molar-refractivity contribution in [2.24, 2.45) is 0 Å². The molecule has 4 N–H and O–H groups in total. The zero-order valence-electron chi connectivity index (χ0n) is 17.9. The number of amides is 1. The summed E-state index contributed by atoms with van der Waals surface area (Å²) in [4.78, 5) is 12.4.